The molecular formula is C55H98O5. The van der Waals surface area contributed by atoms with Gasteiger partial charge in [-0.05, 0) is 70.6 Å². The van der Waals surface area contributed by atoms with Crippen LogP contribution >= 0.6 is 0 Å². The third-order valence-electron chi connectivity index (χ3n) is 11.1. The van der Waals surface area contributed by atoms with E-state index in [0.717, 1.165) is 51.4 Å². The molecule has 0 aliphatic heterocycles. The molecule has 0 aliphatic rings. The average molecular weight is 839 g/mol. The number of ether oxygens (including phenoxy) is 3. The molecule has 0 radical (unpaired) electrons. The van der Waals surface area contributed by atoms with Gasteiger partial charge in [-0.1, -0.05) is 229 Å². The number of allylic oxidation sites excluding steroid dienone is 10. The lowest BCUT2D eigenvalue weighted by Crippen LogP contribution is -2.30. The fraction of sp³-hybridized carbons (Fsp3) is 0.782. The van der Waals surface area contributed by atoms with Gasteiger partial charge in [-0.3, -0.25) is 9.59 Å². The summed E-state index contributed by atoms with van der Waals surface area (Å²) in [6.07, 6.45) is 63.9. The molecule has 0 aromatic heterocycles. The van der Waals surface area contributed by atoms with Crippen LogP contribution in [-0.4, -0.2) is 37.9 Å². The van der Waals surface area contributed by atoms with Crippen molar-refractivity contribution in [2.75, 3.05) is 19.8 Å². The first kappa shape index (κ1) is 57.6. The van der Waals surface area contributed by atoms with Crippen molar-refractivity contribution in [3.63, 3.8) is 0 Å². The van der Waals surface area contributed by atoms with Crippen LogP contribution in [0.4, 0.5) is 0 Å². The highest BCUT2D eigenvalue weighted by Crippen LogP contribution is 2.15. The van der Waals surface area contributed by atoms with Gasteiger partial charge in [0.25, 0.3) is 0 Å². The van der Waals surface area contributed by atoms with E-state index in [1.165, 1.54) is 161 Å². The lowest BCUT2D eigenvalue weighted by atomic mass is 10.0. The Kier molecular flexibility index (Phi) is 48.9. The first-order valence-corrected chi connectivity index (χ1v) is 25.8. The van der Waals surface area contributed by atoms with Gasteiger partial charge in [0, 0.05) is 19.4 Å². The van der Waals surface area contributed by atoms with Gasteiger partial charge in [-0.15, -0.1) is 0 Å². The summed E-state index contributed by atoms with van der Waals surface area (Å²) in [5.41, 5.74) is 0. The van der Waals surface area contributed by atoms with Gasteiger partial charge in [-0.25, -0.2) is 0 Å². The Morgan fingerprint density at radius 1 is 0.383 bits per heavy atom. The van der Waals surface area contributed by atoms with Gasteiger partial charge >= 0.3 is 11.9 Å². The van der Waals surface area contributed by atoms with E-state index in [-0.39, 0.29) is 25.2 Å². The molecule has 60 heavy (non-hydrogen) atoms. The molecule has 5 heteroatoms. The van der Waals surface area contributed by atoms with Crippen molar-refractivity contribution in [3.8, 4) is 0 Å². The van der Waals surface area contributed by atoms with Crippen LogP contribution in [0.25, 0.3) is 0 Å². The first-order valence-electron chi connectivity index (χ1n) is 25.8. The van der Waals surface area contributed by atoms with Crippen LogP contribution in [0.2, 0.25) is 0 Å². The molecule has 0 fully saturated rings. The zero-order valence-electron chi connectivity index (χ0n) is 40.0. The molecule has 1 atom stereocenters. The van der Waals surface area contributed by atoms with Crippen molar-refractivity contribution in [1.82, 2.24) is 0 Å². The minimum absolute atomic E-state index is 0.0562. The van der Waals surface area contributed by atoms with E-state index in [4.69, 9.17) is 14.2 Å². The molecule has 0 aromatic carbocycles. The molecule has 0 amide bonds. The molecule has 0 saturated heterocycles. The first-order chi connectivity index (χ1) is 29.6. The van der Waals surface area contributed by atoms with Crippen LogP contribution in [0, 0.1) is 0 Å². The van der Waals surface area contributed by atoms with E-state index in [0.29, 0.717) is 25.9 Å². The van der Waals surface area contributed by atoms with Gasteiger partial charge in [0.05, 0.1) is 6.61 Å². The van der Waals surface area contributed by atoms with Crippen molar-refractivity contribution in [2.24, 2.45) is 0 Å². The summed E-state index contributed by atoms with van der Waals surface area (Å²) in [6.45, 7) is 7.64. The second kappa shape index (κ2) is 51.0. The largest absolute Gasteiger partial charge is 0.462 e. The summed E-state index contributed by atoms with van der Waals surface area (Å²) in [6, 6.07) is 0. The third kappa shape index (κ3) is 48.3. The molecule has 5 nitrogen and oxygen atoms in total. The van der Waals surface area contributed by atoms with E-state index in [1.807, 2.05) is 6.08 Å². The molecule has 0 N–H and O–H groups in total. The minimum atomic E-state index is -0.575. The fourth-order valence-corrected chi connectivity index (χ4v) is 7.22. The van der Waals surface area contributed by atoms with E-state index < -0.39 is 6.10 Å². The third-order valence-corrected chi connectivity index (χ3v) is 11.1. The number of carbonyl (C=O) groups excluding carboxylic acids is 2. The van der Waals surface area contributed by atoms with Crippen LogP contribution in [0.15, 0.2) is 60.8 Å². The van der Waals surface area contributed by atoms with Crippen LogP contribution in [0.1, 0.15) is 252 Å². The Hall–Kier alpha value is -2.40. The smallest absolute Gasteiger partial charge is 0.306 e. The normalized spacial score (nSPS) is 12.7. The minimum Gasteiger partial charge on any atom is -0.462 e. The van der Waals surface area contributed by atoms with Crippen molar-refractivity contribution >= 4 is 11.9 Å². The van der Waals surface area contributed by atoms with Gasteiger partial charge in [0.15, 0.2) is 6.10 Å². The van der Waals surface area contributed by atoms with Gasteiger partial charge < -0.3 is 14.2 Å². The van der Waals surface area contributed by atoms with E-state index in [9.17, 15) is 9.59 Å². The fourth-order valence-electron chi connectivity index (χ4n) is 7.22. The van der Waals surface area contributed by atoms with Crippen LogP contribution in [-0.2, 0) is 23.8 Å². The maximum atomic E-state index is 12.7. The number of hydrogen-bond acceptors (Lipinski definition) is 5. The summed E-state index contributed by atoms with van der Waals surface area (Å²) in [7, 11) is 0. The molecular weight excluding hydrogens is 741 g/mol. The summed E-state index contributed by atoms with van der Waals surface area (Å²) < 4.78 is 17.3. The monoisotopic (exact) mass is 839 g/mol. The van der Waals surface area contributed by atoms with Gasteiger partial charge in [0.2, 0.25) is 0 Å². The van der Waals surface area contributed by atoms with E-state index in [2.05, 4.69) is 75.5 Å². The van der Waals surface area contributed by atoms with E-state index >= 15 is 0 Å². The summed E-state index contributed by atoms with van der Waals surface area (Å²) >= 11 is 0. The Balaban J connectivity index is 4.31. The molecule has 0 bridgehead atoms. The molecule has 1 unspecified atom stereocenters. The summed E-state index contributed by atoms with van der Waals surface area (Å²) in [5, 5.41) is 0. The molecule has 0 aromatic rings. The zero-order chi connectivity index (χ0) is 43.5. The number of unbranched alkanes of at least 4 members (excludes halogenated alkanes) is 26. The maximum absolute atomic E-state index is 12.7. The van der Waals surface area contributed by atoms with Crippen LogP contribution in [0.3, 0.4) is 0 Å². The van der Waals surface area contributed by atoms with Crippen molar-refractivity contribution in [2.45, 2.75) is 258 Å². The maximum Gasteiger partial charge on any atom is 0.306 e. The van der Waals surface area contributed by atoms with Gasteiger partial charge in [0.1, 0.15) is 6.61 Å². The average Bonchev–Trinajstić information content (AvgIpc) is 3.25. The molecule has 0 aliphatic carbocycles. The standard InChI is InChI=1S/C55H98O5/c1-4-7-10-13-16-19-22-25-27-28-29-31-33-36-39-42-45-48-54(56)59-52-53(51-58-50-47-44-41-38-35-32-26-23-20-17-14-11-8-5-2)60-55(57)49-46-43-40-37-34-30-24-21-18-15-12-9-6-3/h9,12,18,20-21,23,30,34,40,43,53H,4-8,10-11,13-17,19,22,24-29,31-33,35-39,41-42,44-52H2,1-3H3/b12-9-,21-18-,23-20-,34-30-,43-40-. The molecule has 0 heterocycles. The second-order valence-electron chi connectivity index (χ2n) is 17.0. The lowest BCUT2D eigenvalue weighted by molar-refractivity contribution is -0.162. The number of hydrogen-bond donors (Lipinski definition) is 0. The summed E-state index contributed by atoms with van der Waals surface area (Å²) in [4.78, 5) is 25.3. The molecule has 0 spiro atoms. The van der Waals surface area contributed by atoms with Crippen LogP contribution in [0.5, 0.6) is 0 Å². The van der Waals surface area contributed by atoms with E-state index in [1.54, 1.807) is 0 Å². The highest BCUT2D eigenvalue weighted by atomic mass is 16.6. The molecule has 348 valence electrons. The summed E-state index contributed by atoms with van der Waals surface area (Å²) in [5.74, 6) is -0.485. The quantitative estimate of drug-likeness (QED) is 0.0347. The Labute approximate surface area is 373 Å². The van der Waals surface area contributed by atoms with Crippen molar-refractivity contribution in [3.05, 3.63) is 60.8 Å². The highest BCUT2D eigenvalue weighted by Gasteiger charge is 2.17. The molecule has 0 saturated carbocycles. The Morgan fingerprint density at radius 2 is 0.783 bits per heavy atom. The zero-order valence-corrected chi connectivity index (χ0v) is 40.0. The molecule has 0 rings (SSSR count). The Morgan fingerprint density at radius 3 is 1.28 bits per heavy atom. The number of carbonyl (C=O) groups is 2. The SMILES string of the molecule is CC/C=C\C/C=C\C/C=C\C/C=C\CCC(=O)OC(COCCCCCCCC/C=C\CCCCCC)COC(=O)CCCCCCCCCCCCCCCCCCC. The highest BCUT2D eigenvalue weighted by molar-refractivity contribution is 5.70. The van der Waals surface area contributed by atoms with Crippen molar-refractivity contribution < 1.29 is 23.8 Å². The predicted molar refractivity (Wildman–Crippen MR) is 261 cm³/mol. The Bertz CT molecular complexity index is 1040. The van der Waals surface area contributed by atoms with Gasteiger partial charge in [-0.2, -0.15) is 0 Å². The lowest BCUT2D eigenvalue weighted by Gasteiger charge is -2.18. The second-order valence-corrected chi connectivity index (χ2v) is 17.0. The number of rotatable bonds is 47. The predicted octanol–water partition coefficient (Wildman–Crippen LogP) is 17.3. The topological polar surface area (TPSA) is 61.8 Å². The van der Waals surface area contributed by atoms with Crippen LogP contribution < -0.4 is 0 Å². The number of esters is 2. The van der Waals surface area contributed by atoms with Crippen molar-refractivity contribution in [1.29, 1.82) is 0 Å².